The van der Waals surface area contributed by atoms with E-state index in [2.05, 4.69) is 10.00 Å². The number of rotatable bonds is 3. The highest BCUT2D eigenvalue weighted by Gasteiger charge is 2.29. The van der Waals surface area contributed by atoms with E-state index in [-0.39, 0.29) is 5.91 Å². The Morgan fingerprint density at radius 3 is 3.08 bits per heavy atom. The summed E-state index contributed by atoms with van der Waals surface area (Å²) >= 11 is 1.76. The highest BCUT2D eigenvalue weighted by atomic mass is 32.1. The fraction of sp³-hybridized carbons (Fsp3) is 0.588. The Morgan fingerprint density at radius 1 is 1.28 bits per heavy atom. The second-order valence-electron chi connectivity index (χ2n) is 6.88. The number of hydrogen-bond donors (Lipinski definition) is 0. The summed E-state index contributed by atoms with van der Waals surface area (Å²) < 4.78 is 7.55. The summed E-state index contributed by atoms with van der Waals surface area (Å²) in [5, 5.41) is 5.64. The van der Waals surface area contributed by atoms with Crippen LogP contribution in [0.5, 0.6) is 0 Å². The van der Waals surface area contributed by atoms with Gasteiger partial charge in [0.05, 0.1) is 41.7 Å². The summed E-state index contributed by atoms with van der Waals surface area (Å²) in [6, 6.07) is 0.337. The maximum Gasteiger partial charge on any atom is 0.227 e. The molecule has 5 rings (SSSR count). The number of aromatic nitrogens is 3. The van der Waals surface area contributed by atoms with Crippen molar-refractivity contribution in [2.24, 2.45) is 0 Å². The molecule has 2 aromatic heterocycles. The highest BCUT2D eigenvalue weighted by molar-refractivity contribution is 7.15. The third-order valence-corrected chi connectivity index (χ3v) is 6.40. The van der Waals surface area contributed by atoms with Crippen LogP contribution >= 0.6 is 11.3 Å². The van der Waals surface area contributed by atoms with Crippen LogP contribution in [0.15, 0.2) is 12.4 Å². The molecule has 3 aliphatic heterocycles. The smallest absolute Gasteiger partial charge is 0.227 e. The van der Waals surface area contributed by atoms with E-state index in [1.54, 1.807) is 11.3 Å². The molecule has 7 nitrogen and oxygen atoms in total. The molecule has 25 heavy (non-hydrogen) atoms. The van der Waals surface area contributed by atoms with E-state index in [9.17, 15) is 4.79 Å². The SMILES string of the molecule is O=C1CCCN1c1cnn(C2CCN(c3nc4c(s3)COCC4)C2)c1. The molecule has 8 heteroatoms. The van der Waals surface area contributed by atoms with Gasteiger partial charge >= 0.3 is 0 Å². The minimum atomic E-state index is 0.211. The normalized spacial score (nSPS) is 23.5. The van der Waals surface area contributed by atoms with Gasteiger partial charge in [-0.1, -0.05) is 11.3 Å². The number of hydrogen-bond acceptors (Lipinski definition) is 6. The Balaban J connectivity index is 1.30. The second-order valence-corrected chi connectivity index (χ2v) is 7.95. The molecule has 0 aliphatic carbocycles. The van der Waals surface area contributed by atoms with Gasteiger partial charge in [-0.05, 0) is 12.8 Å². The van der Waals surface area contributed by atoms with Gasteiger partial charge in [0.2, 0.25) is 5.91 Å². The zero-order valence-corrected chi connectivity index (χ0v) is 14.9. The molecule has 5 heterocycles. The molecular formula is C17H21N5O2S. The first kappa shape index (κ1) is 15.3. The van der Waals surface area contributed by atoms with Gasteiger partial charge < -0.3 is 14.5 Å². The average molecular weight is 359 g/mol. The van der Waals surface area contributed by atoms with Crippen LogP contribution in [0.2, 0.25) is 0 Å². The van der Waals surface area contributed by atoms with Crippen LogP contribution in [0.3, 0.4) is 0 Å². The highest BCUT2D eigenvalue weighted by Crippen LogP contribution is 2.34. The number of nitrogens with zero attached hydrogens (tertiary/aromatic N) is 5. The second kappa shape index (κ2) is 6.10. The fourth-order valence-electron chi connectivity index (χ4n) is 3.87. The van der Waals surface area contributed by atoms with E-state index in [0.717, 1.165) is 56.3 Å². The van der Waals surface area contributed by atoms with Gasteiger partial charge in [-0.15, -0.1) is 0 Å². The van der Waals surface area contributed by atoms with Crippen molar-refractivity contribution >= 4 is 28.1 Å². The summed E-state index contributed by atoms with van der Waals surface area (Å²) in [6.45, 7) is 4.22. The summed E-state index contributed by atoms with van der Waals surface area (Å²) in [5.41, 5.74) is 2.14. The number of carbonyl (C=O) groups is 1. The third kappa shape index (κ3) is 2.73. The van der Waals surface area contributed by atoms with E-state index in [1.165, 1.54) is 10.6 Å². The van der Waals surface area contributed by atoms with Gasteiger partial charge in [-0.2, -0.15) is 5.10 Å². The molecule has 1 atom stereocenters. The Labute approximate surface area is 150 Å². The molecule has 2 aromatic rings. The molecule has 0 radical (unpaired) electrons. The fourth-order valence-corrected chi connectivity index (χ4v) is 4.95. The van der Waals surface area contributed by atoms with Gasteiger partial charge in [-0.3, -0.25) is 9.48 Å². The molecule has 0 N–H and O–H groups in total. The van der Waals surface area contributed by atoms with E-state index < -0.39 is 0 Å². The molecule has 1 unspecified atom stereocenters. The van der Waals surface area contributed by atoms with Crippen molar-refractivity contribution in [2.75, 3.05) is 36.0 Å². The van der Waals surface area contributed by atoms with Gasteiger partial charge in [0.1, 0.15) is 0 Å². The minimum absolute atomic E-state index is 0.211. The Bertz CT molecular complexity index is 777. The maximum absolute atomic E-state index is 11.9. The first-order valence-electron chi connectivity index (χ1n) is 8.94. The average Bonchev–Trinajstić information content (AvgIpc) is 3.39. The molecule has 2 fully saturated rings. The molecule has 0 bridgehead atoms. The van der Waals surface area contributed by atoms with Crippen LogP contribution in [0.4, 0.5) is 10.8 Å². The van der Waals surface area contributed by atoms with E-state index in [0.29, 0.717) is 19.1 Å². The van der Waals surface area contributed by atoms with Crippen LogP contribution in [-0.2, 0) is 22.6 Å². The first-order chi connectivity index (χ1) is 12.3. The van der Waals surface area contributed by atoms with Crippen LogP contribution in [0.1, 0.15) is 35.9 Å². The van der Waals surface area contributed by atoms with Crippen molar-refractivity contribution in [3.63, 3.8) is 0 Å². The van der Waals surface area contributed by atoms with Crippen molar-refractivity contribution < 1.29 is 9.53 Å². The lowest BCUT2D eigenvalue weighted by molar-refractivity contribution is -0.117. The monoisotopic (exact) mass is 359 g/mol. The zero-order valence-electron chi connectivity index (χ0n) is 14.1. The Kier molecular flexibility index (Phi) is 3.74. The largest absolute Gasteiger partial charge is 0.375 e. The number of fused-ring (bicyclic) bond motifs is 1. The summed E-state index contributed by atoms with van der Waals surface area (Å²) in [4.78, 5) is 22.2. The molecule has 0 aromatic carbocycles. The molecule has 2 saturated heterocycles. The Hall–Kier alpha value is -1.93. The summed E-state index contributed by atoms with van der Waals surface area (Å²) in [7, 11) is 0. The lowest BCUT2D eigenvalue weighted by atomic mass is 10.2. The van der Waals surface area contributed by atoms with Gasteiger partial charge in [0.25, 0.3) is 0 Å². The maximum atomic E-state index is 11.9. The number of ether oxygens (including phenoxy) is 1. The summed E-state index contributed by atoms with van der Waals surface area (Å²) in [5.74, 6) is 0.211. The quantitative estimate of drug-likeness (QED) is 0.839. The molecule has 0 saturated carbocycles. The predicted molar refractivity (Wildman–Crippen MR) is 95.2 cm³/mol. The molecular weight excluding hydrogens is 338 g/mol. The molecule has 0 spiro atoms. The van der Waals surface area contributed by atoms with E-state index in [1.807, 2.05) is 22.0 Å². The number of amides is 1. The van der Waals surface area contributed by atoms with Gasteiger partial charge in [-0.25, -0.2) is 4.98 Å². The van der Waals surface area contributed by atoms with Crippen LogP contribution < -0.4 is 9.80 Å². The van der Waals surface area contributed by atoms with Crippen molar-refractivity contribution in [1.29, 1.82) is 0 Å². The Morgan fingerprint density at radius 2 is 2.24 bits per heavy atom. The van der Waals surface area contributed by atoms with Gasteiger partial charge in [0.15, 0.2) is 5.13 Å². The standard InChI is InChI=1S/C17H21N5O2S/c23-16-2-1-5-21(16)13-8-18-22(10-13)12-3-6-20(9-12)17-19-14-4-7-24-11-15(14)25-17/h8,10,12H,1-7,9,11H2. The van der Waals surface area contributed by atoms with Crippen LogP contribution in [0, 0.1) is 0 Å². The molecule has 132 valence electrons. The van der Waals surface area contributed by atoms with Crippen LogP contribution in [0.25, 0.3) is 0 Å². The van der Waals surface area contributed by atoms with Crippen molar-refractivity contribution in [2.45, 2.75) is 38.3 Å². The number of thiazole rings is 1. The predicted octanol–water partition coefficient (Wildman–Crippen LogP) is 1.99. The lowest BCUT2D eigenvalue weighted by Gasteiger charge is -2.15. The number of anilines is 2. The first-order valence-corrected chi connectivity index (χ1v) is 9.75. The summed E-state index contributed by atoms with van der Waals surface area (Å²) in [6.07, 6.45) is 7.43. The van der Waals surface area contributed by atoms with Crippen molar-refractivity contribution in [3.05, 3.63) is 23.0 Å². The molecule has 1 amide bonds. The molecule has 3 aliphatic rings. The number of carbonyl (C=O) groups excluding carboxylic acids is 1. The third-order valence-electron chi connectivity index (χ3n) is 5.26. The minimum Gasteiger partial charge on any atom is -0.375 e. The van der Waals surface area contributed by atoms with Crippen molar-refractivity contribution in [1.82, 2.24) is 14.8 Å². The van der Waals surface area contributed by atoms with Crippen LogP contribution in [-0.4, -0.2) is 46.9 Å². The zero-order chi connectivity index (χ0) is 16.8. The van der Waals surface area contributed by atoms with E-state index >= 15 is 0 Å². The lowest BCUT2D eigenvalue weighted by Crippen LogP contribution is -2.23. The topological polar surface area (TPSA) is 63.5 Å². The van der Waals surface area contributed by atoms with Gasteiger partial charge in [0, 0.05) is 38.7 Å². The van der Waals surface area contributed by atoms with Crippen molar-refractivity contribution in [3.8, 4) is 0 Å². The van der Waals surface area contributed by atoms with E-state index in [4.69, 9.17) is 9.72 Å².